The molecular weight excluding hydrogens is 764 g/mol. The summed E-state index contributed by atoms with van der Waals surface area (Å²) < 4.78 is 22.8. The van der Waals surface area contributed by atoms with Crippen molar-refractivity contribution in [3.63, 3.8) is 0 Å². The van der Waals surface area contributed by atoms with Gasteiger partial charge in [0.2, 0.25) is 11.8 Å². The maximum Gasteiger partial charge on any atom is 0.407 e. The Morgan fingerprint density at radius 2 is 1.76 bits per heavy atom. The SMILES string of the molecule is CN[C@@H](CCCNC(N)=O)C(=O)Nc1ccc(COC(=O)NC[C@@H]2C[C@@H](CO)[C@H](O)[C@@H](/C=C/C(C)=C/C[C@@H]3O[C@H](C)[C@H](NC(=O)/C=C\[C@H](C)OC(C)=O)C[C@@H]3C)O2)cc1. The summed E-state index contributed by atoms with van der Waals surface area (Å²) >= 11 is 0. The van der Waals surface area contributed by atoms with E-state index in [2.05, 4.69) is 39.6 Å². The second-order valence-electron chi connectivity index (χ2n) is 15.2. The molecule has 0 aromatic heterocycles. The van der Waals surface area contributed by atoms with E-state index >= 15 is 0 Å². The van der Waals surface area contributed by atoms with E-state index in [-0.39, 0.29) is 55.7 Å². The van der Waals surface area contributed by atoms with Crippen LogP contribution < -0.4 is 32.3 Å². The van der Waals surface area contributed by atoms with E-state index in [1.807, 2.05) is 19.9 Å². The standard InChI is InChI=1S/C42H64N6O11/c1-25(9-16-36-26(2)20-35(28(4)58-36)48-38(51)18-11-27(3)57-29(5)50)10-17-37-39(52)31(23-49)21-33(59-37)22-46-42(55)56-24-30-12-14-32(15-13-30)47-40(53)34(44-6)8-7-19-45-41(43)54/h9-15,17-18,26-28,31,33-37,39,44,49,52H,7-8,16,19-24H2,1-6H3,(H,46,55)(H,47,53)(H,48,51)(H3,43,45,54)/b17-10+,18-11-,25-9+/t26-,27-,28+,31-,33-,34-,35+,36-,37+,39-/m0/s1. The van der Waals surface area contributed by atoms with Crippen molar-refractivity contribution in [1.82, 2.24) is 21.3 Å². The third-order valence-electron chi connectivity index (χ3n) is 10.3. The van der Waals surface area contributed by atoms with Crippen LogP contribution in [-0.2, 0) is 39.9 Å². The van der Waals surface area contributed by atoms with Crippen LogP contribution in [0.2, 0.25) is 0 Å². The largest absolute Gasteiger partial charge is 0.459 e. The van der Waals surface area contributed by atoms with Crippen molar-refractivity contribution in [3.05, 3.63) is 65.8 Å². The molecule has 9 N–H and O–H groups in total. The van der Waals surface area contributed by atoms with Crippen molar-refractivity contribution in [3.8, 4) is 0 Å². The number of anilines is 1. The number of amides is 5. The number of hydrogen-bond donors (Lipinski definition) is 8. The highest BCUT2D eigenvalue weighted by atomic mass is 16.6. The number of alkyl carbamates (subject to hydrolysis) is 1. The summed E-state index contributed by atoms with van der Waals surface area (Å²) in [7, 11) is 1.68. The molecule has 0 radical (unpaired) electrons. The molecule has 1 aromatic carbocycles. The van der Waals surface area contributed by atoms with Crippen LogP contribution in [0.3, 0.4) is 0 Å². The van der Waals surface area contributed by atoms with Gasteiger partial charge in [0.15, 0.2) is 0 Å². The molecule has 17 nitrogen and oxygen atoms in total. The van der Waals surface area contributed by atoms with E-state index < -0.39 is 54.5 Å². The Labute approximate surface area is 346 Å². The molecule has 2 fully saturated rings. The lowest BCUT2D eigenvalue weighted by Gasteiger charge is -2.39. The molecule has 1 aromatic rings. The fourth-order valence-corrected chi connectivity index (χ4v) is 6.90. The lowest BCUT2D eigenvalue weighted by Crippen LogP contribution is -2.50. The van der Waals surface area contributed by atoms with Gasteiger partial charge < -0.3 is 61.5 Å². The second kappa shape index (κ2) is 25.0. The first-order valence-corrected chi connectivity index (χ1v) is 20.2. The van der Waals surface area contributed by atoms with Gasteiger partial charge >= 0.3 is 18.1 Å². The number of aliphatic hydroxyl groups excluding tert-OH is 2. The highest BCUT2D eigenvalue weighted by Crippen LogP contribution is 2.29. The first-order valence-electron chi connectivity index (χ1n) is 20.2. The molecule has 328 valence electrons. The van der Waals surface area contributed by atoms with Crippen LogP contribution in [0, 0.1) is 11.8 Å². The Bertz CT molecular complexity index is 1620. The molecule has 0 aliphatic carbocycles. The number of aliphatic hydroxyl groups is 2. The van der Waals surface area contributed by atoms with Gasteiger partial charge in [-0.15, -0.1) is 0 Å². The molecule has 0 unspecified atom stereocenters. The highest BCUT2D eigenvalue weighted by Gasteiger charge is 2.36. The molecule has 3 rings (SSSR count). The summed E-state index contributed by atoms with van der Waals surface area (Å²) in [5, 5.41) is 34.9. The van der Waals surface area contributed by atoms with Gasteiger partial charge in [-0.25, -0.2) is 9.59 Å². The number of carbonyl (C=O) groups is 5. The number of urea groups is 1. The van der Waals surface area contributed by atoms with E-state index in [4.69, 9.17) is 24.7 Å². The summed E-state index contributed by atoms with van der Waals surface area (Å²) in [6, 6.07) is 5.64. The Hall–Kier alpha value is -4.81. The molecule has 2 aliphatic heterocycles. The average Bonchev–Trinajstić information content (AvgIpc) is 3.19. The number of allylic oxidation sites excluding steroid dienone is 2. The van der Waals surface area contributed by atoms with E-state index in [1.165, 1.54) is 19.1 Å². The van der Waals surface area contributed by atoms with Crippen molar-refractivity contribution < 1.29 is 53.1 Å². The lowest BCUT2D eigenvalue weighted by molar-refractivity contribution is -0.143. The minimum absolute atomic E-state index is 0.00944. The number of nitrogens with two attached hydrogens (primary N) is 1. The number of rotatable bonds is 20. The predicted molar refractivity (Wildman–Crippen MR) is 221 cm³/mol. The van der Waals surface area contributed by atoms with Crippen molar-refractivity contribution in [2.75, 3.05) is 32.1 Å². The zero-order valence-electron chi connectivity index (χ0n) is 35.0. The predicted octanol–water partition coefficient (Wildman–Crippen LogP) is 2.71. The first-order chi connectivity index (χ1) is 28.1. The topological polar surface area (TPSA) is 249 Å². The number of nitrogens with one attached hydrogen (secondary N) is 5. The van der Waals surface area contributed by atoms with Crippen LogP contribution in [0.5, 0.6) is 0 Å². The second-order valence-corrected chi connectivity index (χ2v) is 15.2. The maximum atomic E-state index is 12.7. The third kappa shape index (κ3) is 17.5. The third-order valence-corrected chi connectivity index (χ3v) is 10.3. The minimum Gasteiger partial charge on any atom is -0.459 e. The van der Waals surface area contributed by atoms with E-state index in [0.29, 0.717) is 43.5 Å². The van der Waals surface area contributed by atoms with Gasteiger partial charge in [0.25, 0.3) is 0 Å². The van der Waals surface area contributed by atoms with Gasteiger partial charge in [-0.3, -0.25) is 14.4 Å². The van der Waals surface area contributed by atoms with Crippen LogP contribution in [0.1, 0.15) is 72.3 Å². The molecule has 5 amide bonds. The summed E-state index contributed by atoms with van der Waals surface area (Å²) in [6.07, 6.45) is 7.77. The van der Waals surface area contributed by atoms with Crippen LogP contribution in [0.4, 0.5) is 15.3 Å². The molecule has 0 saturated carbocycles. The fourth-order valence-electron chi connectivity index (χ4n) is 6.90. The fraction of sp³-hybridized carbons (Fsp3) is 0.595. The lowest BCUT2D eigenvalue weighted by atomic mass is 9.87. The summed E-state index contributed by atoms with van der Waals surface area (Å²) in [4.78, 5) is 59.6. The van der Waals surface area contributed by atoms with Gasteiger partial charge in [-0.05, 0) is 89.6 Å². The number of likely N-dealkylation sites (N-methyl/N-ethyl adjacent to an activating group) is 1. The minimum atomic E-state index is -0.941. The van der Waals surface area contributed by atoms with Crippen molar-refractivity contribution in [1.29, 1.82) is 0 Å². The van der Waals surface area contributed by atoms with Crippen molar-refractivity contribution in [2.45, 2.75) is 122 Å². The number of ether oxygens (including phenoxy) is 4. The highest BCUT2D eigenvalue weighted by molar-refractivity contribution is 5.94. The molecule has 2 heterocycles. The first kappa shape index (κ1) is 48.6. The van der Waals surface area contributed by atoms with Crippen molar-refractivity contribution in [2.24, 2.45) is 17.6 Å². The normalized spacial score (nSPS) is 25.8. The van der Waals surface area contributed by atoms with E-state index in [0.717, 1.165) is 12.0 Å². The Morgan fingerprint density at radius 3 is 2.42 bits per heavy atom. The average molecular weight is 829 g/mol. The molecule has 0 spiro atoms. The Kier molecular flexibility index (Phi) is 20.5. The monoisotopic (exact) mass is 828 g/mol. The van der Waals surface area contributed by atoms with Gasteiger partial charge in [0.05, 0.1) is 36.5 Å². The molecular formula is C42H64N6O11. The number of esters is 1. The Morgan fingerprint density at radius 1 is 1.03 bits per heavy atom. The smallest absolute Gasteiger partial charge is 0.407 e. The van der Waals surface area contributed by atoms with Crippen LogP contribution in [-0.4, -0.2) is 116 Å². The van der Waals surface area contributed by atoms with Gasteiger partial charge in [-0.2, -0.15) is 0 Å². The van der Waals surface area contributed by atoms with E-state index in [1.54, 1.807) is 44.3 Å². The maximum absolute atomic E-state index is 12.7. The van der Waals surface area contributed by atoms with Crippen LogP contribution in [0.25, 0.3) is 0 Å². The molecule has 2 aliphatic rings. The summed E-state index contributed by atoms with van der Waals surface area (Å²) in [5.74, 6) is -1.21. The molecule has 2 saturated heterocycles. The van der Waals surface area contributed by atoms with Crippen LogP contribution >= 0.6 is 0 Å². The van der Waals surface area contributed by atoms with Gasteiger partial charge in [0.1, 0.15) is 18.8 Å². The molecule has 10 atom stereocenters. The Balaban J connectivity index is 1.43. The molecule has 17 heteroatoms. The molecule has 59 heavy (non-hydrogen) atoms. The van der Waals surface area contributed by atoms with Crippen molar-refractivity contribution >= 4 is 35.6 Å². The van der Waals surface area contributed by atoms with Gasteiger partial charge in [0, 0.05) is 44.3 Å². The summed E-state index contributed by atoms with van der Waals surface area (Å²) in [6.45, 7) is 9.17. The van der Waals surface area contributed by atoms with E-state index in [9.17, 15) is 34.2 Å². The number of benzene rings is 1. The van der Waals surface area contributed by atoms with Gasteiger partial charge in [-0.1, -0.05) is 42.9 Å². The number of primary amides is 1. The number of hydrogen-bond acceptors (Lipinski definition) is 12. The summed E-state index contributed by atoms with van der Waals surface area (Å²) in [5.41, 5.74) is 7.28. The molecule has 0 bridgehead atoms. The zero-order valence-corrected chi connectivity index (χ0v) is 35.0. The quantitative estimate of drug-likeness (QED) is 0.0409. The number of carbonyl (C=O) groups excluding carboxylic acids is 5. The van der Waals surface area contributed by atoms with Crippen LogP contribution in [0.15, 0.2) is 60.2 Å². The zero-order chi connectivity index (χ0) is 43.5.